The minimum Gasteiger partial charge on any atom is -0.507 e. The van der Waals surface area contributed by atoms with Crippen LogP contribution in [0.3, 0.4) is 0 Å². The van der Waals surface area contributed by atoms with Gasteiger partial charge in [-0.15, -0.1) is 0 Å². The molecule has 0 saturated carbocycles. The summed E-state index contributed by atoms with van der Waals surface area (Å²) in [6.07, 6.45) is 2.85. The van der Waals surface area contributed by atoms with Gasteiger partial charge in [0.1, 0.15) is 23.2 Å². The van der Waals surface area contributed by atoms with E-state index >= 15 is 4.39 Å². The number of benzene rings is 1. The second-order valence-corrected chi connectivity index (χ2v) is 11.8. The molecule has 5 heterocycles. The second kappa shape index (κ2) is 10.7. The van der Waals surface area contributed by atoms with Crippen molar-refractivity contribution in [2.45, 2.75) is 45.7 Å². The lowest BCUT2D eigenvalue weighted by Gasteiger charge is -2.48. The summed E-state index contributed by atoms with van der Waals surface area (Å²) in [7, 11) is 0. The fraction of sp³-hybridized carbons (Fsp3) is 0.281. The van der Waals surface area contributed by atoms with E-state index in [4.69, 9.17) is 11.6 Å². The third-order valence-electron chi connectivity index (χ3n) is 8.26. The van der Waals surface area contributed by atoms with Crippen molar-refractivity contribution in [2.75, 3.05) is 23.3 Å². The van der Waals surface area contributed by atoms with Crippen LogP contribution in [0, 0.1) is 12.7 Å². The number of amides is 2. The summed E-state index contributed by atoms with van der Waals surface area (Å²) in [5, 5.41) is 13.8. The van der Waals surface area contributed by atoms with Crippen molar-refractivity contribution >= 4 is 45.8 Å². The smallest absolute Gasteiger partial charge is 0.282 e. The zero-order chi connectivity index (χ0) is 31.6. The number of piperazine rings is 1. The number of aryl methyl sites for hydroxylation is 1. The Bertz CT molecular complexity index is 1940. The first kappa shape index (κ1) is 29.3. The molecule has 1 aromatic carbocycles. The Labute approximate surface area is 257 Å². The van der Waals surface area contributed by atoms with Gasteiger partial charge in [-0.1, -0.05) is 38.1 Å². The van der Waals surface area contributed by atoms with Gasteiger partial charge >= 0.3 is 0 Å². The van der Waals surface area contributed by atoms with Crippen LogP contribution < -0.4 is 15.8 Å². The summed E-state index contributed by atoms with van der Waals surface area (Å²) in [6, 6.07) is 6.23. The molecule has 0 spiro atoms. The number of rotatable bonds is 4. The maximum atomic E-state index is 16.1. The second-order valence-electron chi connectivity index (χ2n) is 11.4. The van der Waals surface area contributed by atoms with Gasteiger partial charge < -0.3 is 20.2 Å². The van der Waals surface area contributed by atoms with Gasteiger partial charge in [-0.3, -0.25) is 23.9 Å². The monoisotopic (exact) mass is 616 g/mol. The Balaban J connectivity index is 1.73. The molecule has 12 heteroatoms. The Morgan fingerprint density at radius 2 is 1.98 bits per heavy atom. The summed E-state index contributed by atoms with van der Waals surface area (Å²) < 4.78 is 17.5. The zero-order valence-electron chi connectivity index (χ0n) is 24.6. The zero-order valence-corrected chi connectivity index (χ0v) is 25.3. The van der Waals surface area contributed by atoms with Gasteiger partial charge in [-0.25, -0.2) is 9.37 Å². The molecule has 2 aliphatic rings. The van der Waals surface area contributed by atoms with E-state index in [0.29, 0.717) is 22.6 Å². The summed E-state index contributed by atoms with van der Waals surface area (Å²) in [6.45, 7) is 11.4. The van der Waals surface area contributed by atoms with Crippen molar-refractivity contribution < 1.29 is 19.1 Å². The van der Waals surface area contributed by atoms with Gasteiger partial charge in [0.15, 0.2) is 11.5 Å². The molecule has 1 saturated heterocycles. The number of carbonyl (C=O) groups is 2. The number of hydrogen-bond donors (Lipinski definition) is 2. The van der Waals surface area contributed by atoms with E-state index in [-0.39, 0.29) is 69.7 Å². The number of hydrogen-bond acceptors (Lipinski definition) is 7. The summed E-state index contributed by atoms with van der Waals surface area (Å²) in [5.41, 5.74) is 1.30. The number of phenolic OH excluding ortho intramolecular Hbond substituents is 1. The molecule has 226 valence electrons. The van der Waals surface area contributed by atoms with Crippen LogP contribution in [0.1, 0.15) is 37.9 Å². The van der Waals surface area contributed by atoms with Gasteiger partial charge in [0.05, 0.1) is 34.2 Å². The van der Waals surface area contributed by atoms with Crippen LogP contribution in [0.25, 0.3) is 28.0 Å². The van der Waals surface area contributed by atoms with Crippen LogP contribution in [-0.4, -0.2) is 61.5 Å². The highest BCUT2D eigenvalue weighted by Crippen LogP contribution is 2.43. The van der Waals surface area contributed by atoms with Crippen molar-refractivity contribution in [3.63, 3.8) is 0 Å². The molecule has 44 heavy (non-hydrogen) atoms. The molecule has 0 bridgehead atoms. The van der Waals surface area contributed by atoms with Gasteiger partial charge in [0, 0.05) is 24.2 Å². The highest BCUT2D eigenvalue weighted by atomic mass is 35.5. The quantitative estimate of drug-likeness (QED) is 0.312. The van der Waals surface area contributed by atoms with Crippen molar-refractivity contribution in [1.29, 1.82) is 0 Å². The van der Waals surface area contributed by atoms with E-state index in [9.17, 15) is 19.5 Å². The average molecular weight is 617 g/mol. The summed E-state index contributed by atoms with van der Waals surface area (Å²) in [4.78, 5) is 53.2. The molecule has 3 aromatic heterocycles. The van der Waals surface area contributed by atoms with E-state index in [0.717, 1.165) is 0 Å². The van der Waals surface area contributed by atoms with Gasteiger partial charge in [0.2, 0.25) is 11.8 Å². The Hall–Kier alpha value is -4.77. The largest absolute Gasteiger partial charge is 0.507 e. The summed E-state index contributed by atoms with van der Waals surface area (Å²) >= 11 is 6.42. The fourth-order valence-electron chi connectivity index (χ4n) is 6.17. The molecule has 2 N–H and O–H groups in total. The number of halogens is 2. The molecule has 10 nitrogen and oxygen atoms in total. The van der Waals surface area contributed by atoms with E-state index < -0.39 is 23.3 Å². The Morgan fingerprint density at radius 3 is 2.66 bits per heavy atom. The van der Waals surface area contributed by atoms with E-state index in [1.165, 1.54) is 34.9 Å². The number of carbonyl (C=O) groups excluding carboxylic acids is 2. The standard InChI is InChI=1S/C32H30ClFN6O4/c1-6-23(42)38-14-21-31(43)37-27-29(39(21)13-17(38)5)18-12-20(34)26(24-19(33)8-7-9-22(24)41)36-30(18)40(32(27)44)28-16(4)10-11-35-25(28)15(2)3/h6-12,15,17,21,41H,1,13-14H2,2-5H3,(H,37,43). The highest BCUT2D eigenvalue weighted by Gasteiger charge is 2.44. The molecule has 1 fully saturated rings. The Kier molecular flexibility index (Phi) is 7.16. The lowest BCUT2D eigenvalue weighted by molar-refractivity contribution is -0.130. The average Bonchev–Trinajstić information content (AvgIpc) is 2.97. The molecule has 2 amide bonds. The molecular weight excluding hydrogens is 587 g/mol. The number of phenols is 1. The first-order valence-corrected chi connectivity index (χ1v) is 14.6. The van der Waals surface area contributed by atoms with Crippen LogP contribution in [0.4, 0.5) is 15.8 Å². The first-order chi connectivity index (χ1) is 20.9. The lowest BCUT2D eigenvalue weighted by atomic mass is 9.98. The number of pyridine rings is 3. The topological polar surface area (TPSA) is 121 Å². The number of nitrogens with one attached hydrogen (secondary N) is 1. The van der Waals surface area contributed by atoms with Crippen LogP contribution in [0.2, 0.25) is 5.02 Å². The number of fused-ring (bicyclic) bond motifs is 5. The van der Waals surface area contributed by atoms with Crippen molar-refractivity contribution in [3.05, 3.63) is 81.6 Å². The third kappa shape index (κ3) is 4.41. The van der Waals surface area contributed by atoms with E-state index in [1.54, 1.807) is 22.1 Å². The van der Waals surface area contributed by atoms with Crippen LogP contribution in [0.15, 0.2) is 54.0 Å². The normalized spacial score (nSPS) is 17.8. The van der Waals surface area contributed by atoms with Crippen molar-refractivity contribution in [3.8, 4) is 22.7 Å². The summed E-state index contributed by atoms with van der Waals surface area (Å²) in [5.74, 6) is -1.96. The number of anilines is 2. The minimum absolute atomic E-state index is 0.0198. The van der Waals surface area contributed by atoms with Gasteiger partial charge in [0.25, 0.3) is 5.56 Å². The molecule has 4 aromatic rings. The maximum Gasteiger partial charge on any atom is 0.282 e. The SMILES string of the molecule is C=CC(=O)N1CC2C(=O)Nc3c(c4cc(F)c(-c5c(O)cccc5Cl)nc4n(-c4c(C)ccnc4C(C)C)c3=O)N2CC1C. The molecular formula is C32H30ClFN6O4. The molecule has 2 unspecified atom stereocenters. The third-order valence-corrected chi connectivity index (χ3v) is 8.58. The maximum absolute atomic E-state index is 16.1. The first-order valence-electron chi connectivity index (χ1n) is 14.2. The molecule has 0 radical (unpaired) electrons. The van der Waals surface area contributed by atoms with Crippen molar-refractivity contribution in [1.82, 2.24) is 19.4 Å². The van der Waals surface area contributed by atoms with E-state index in [1.807, 2.05) is 27.7 Å². The molecule has 0 aliphatic carbocycles. The van der Waals surface area contributed by atoms with Crippen molar-refractivity contribution in [2.24, 2.45) is 0 Å². The number of aromatic nitrogens is 3. The van der Waals surface area contributed by atoms with Gasteiger partial charge in [-0.05, 0) is 55.7 Å². The van der Waals surface area contributed by atoms with E-state index in [2.05, 4.69) is 21.9 Å². The molecule has 6 rings (SSSR count). The molecule has 2 aliphatic heterocycles. The molecule has 2 atom stereocenters. The van der Waals surface area contributed by atoms with Crippen LogP contribution >= 0.6 is 11.6 Å². The minimum atomic E-state index is -0.845. The Morgan fingerprint density at radius 1 is 1.23 bits per heavy atom. The highest BCUT2D eigenvalue weighted by molar-refractivity contribution is 6.33. The van der Waals surface area contributed by atoms with Crippen LogP contribution in [0.5, 0.6) is 5.75 Å². The van der Waals surface area contributed by atoms with Gasteiger partial charge in [-0.2, -0.15) is 0 Å². The lowest BCUT2D eigenvalue weighted by Crippen LogP contribution is -2.64. The number of nitrogens with zero attached hydrogens (tertiary/aromatic N) is 5. The predicted octanol–water partition coefficient (Wildman–Crippen LogP) is 4.92. The predicted molar refractivity (Wildman–Crippen MR) is 167 cm³/mol. The number of aromatic hydroxyl groups is 1. The van der Waals surface area contributed by atoms with Crippen LogP contribution in [-0.2, 0) is 9.59 Å². The fourth-order valence-corrected chi connectivity index (χ4v) is 6.43.